The number of carbonyl (C=O) groups is 1. The number of halogens is 1. The topological polar surface area (TPSA) is 41.1 Å². The number of hydrogen-bond donors (Lipinski definition) is 2. The Hall–Kier alpha value is -1.58. The molecule has 0 saturated carbocycles. The van der Waals surface area contributed by atoms with Crippen LogP contribution in [0.2, 0.25) is 0 Å². The Labute approximate surface area is 137 Å². The van der Waals surface area contributed by atoms with Gasteiger partial charge in [0.2, 0.25) is 5.91 Å². The molecule has 3 rings (SSSR count). The van der Waals surface area contributed by atoms with E-state index in [0.29, 0.717) is 12.3 Å². The normalized spacial score (nSPS) is 17.7. The first kappa shape index (κ1) is 16.8. The summed E-state index contributed by atoms with van der Waals surface area (Å²) in [5, 5.41) is 8.86. The summed E-state index contributed by atoms with van der Waals surface area (Å²) < 4.78 is 0. The van der Waals surface area contributed by atoms with Gasteiger partial charge in [-0.3, -0.25) is 4.79 Å². The van der Waals surface area contributed by atoms with E-state index in [0.717, 1.165) is 25.2 Å². The lowest BCUT2D eigenvalue weighted by Gasteiger charge is -2.22. The van der Waals surface area contributed by atoms with Crippen LogP contribution in [0.1, 0.15) is 18.4 Å². The second-order valence-electron chi connectivity index (χ2n) is 5.87. The molecule has 0 aromatic heterocycles. The molecule has 1 unspecified atom stereocenters. The zero-order valence-electron chi connectivity index (χ0n) is 12.7. The fraction of sp³-hybridized carbons (Fsp3) is 0.389. The number of fused-ring (bicyclic) bond motifs is 1. The van der Waals surface area contributed by atoms with E-state index < -0.39 is 0 Å². The van der Waals surface area contributed by atoms with Gasteiger partial charge < -0.3 is 10.6 Å². The highest BCUT2D eigenvalue weighted by molar-refractivity contribution is 5.85. The molecule has 0 radical (unpaired) electrons. The highest BCUT2D eigenvalue weighted by Crippen LogP contribution is 2.16. The summed E-state index contributed by atoms with van der Waals surface area (Å²) >= 11 is 0. The highest BCUT2D eigenvalue weighted by Gasteiger charge is 2.13. The number of rotatable bonds is 4. The second-order valence-corrected chi connectivity index (χ2v) is 5.87. The highest BCUT2D eigenvalue weighted by atomic mass is 35.5. The Morgan fingerprint density at radius 3 is 2.77 bits per heavy atom. The molecule has 3 nitrogen and oxygen atoms in total. The maximum Gasteiger partial charge on any atom is 0.224 e. The van der Waals surface area contributed by atoms with Crippen molar-refractivity contribution in [1.29, 1.82) is 0 Å². The molecule has 22 heavy (non-hydrogen) atoms. The molecule has 118 valence electrons. The van der Waals surface area contributed by atoms with Gasteiger partial charge in [-0.15, -0.1) is 12.4 Å². The summed E-state index contributed by atoms with van der Waals surface area (Å²) in [6.45, 7) is 2.93. The number of amides is 1. The van der Waals surface area contributed by atoms with E-state index in [-0.39, 0.29) is 18.3 Å². The molecule has 1 amide bonds. The Kier molecular flexibility index (Phi) is 6.22. The van der Waals surface area contributed by atoms with Crippen molar-refractivity contribution in [3.05, 3.63) is 48.0 Å². The third-order valence-corrected chi connectivity index (χ3v) is 4.17. The molecule has 1 saturated heterocycles. The largest absolute Gasteiger partial charge is 0.355 e. The fourth-order valence-electron chi connectivity index (χ4n) is 2.95. The van der Waals surface area contributed by atoms with Gasteiger partial charge in [0, 0.05) is 6.54 Å². The zero-order valence-corrected chi connectivity index (χ0v) is 13.5. The van der Waals surface area contributed by atoms with E-state index in [2.05, 4.69) is 34.9 Å². The van der Waals surface area contributed by atoms with E-state index >= 15 is 0 Å². The van der Waals surface area contributed by atoms with Crippen molar-refractivity contribution in [3.63, 3.8) is 0 Å². The van der Waals surface area contributed by atoms with Crippen molar-refractivity contribution in [2.24, 2.45) is 5.92 Å². The molecule has 2 aromatic carbocycles. The summed E-state index contributed by atoms with van der Waals surface area (Å²) in [5.74, 6) is 0.704. The van der Waals surface area contributed by atoms with Gasteiger partial charge in [-0.05, 0) is 48.2 Å². The number of hydrogen-bond acceptors (Lipinski definition) is 2. The molecule has 2 N–H and O–H groups in total. The van der Waals surface area contributed by atoms with Gasteiger partial charge in [-0.25, -0.2) is 0 Å². The summed E-state index contributed by atoms with van der Waals surface area (Å²) in [7, 11) is 0. The van der Waals surface area contributed by atoms with E-state index in [9.17, 15) is 4.79 Å². The first-order valence-electron chi connectivity index (χ1n) is 7.76. The van der Waals surface area contributed by atoms with Gasteiger partial charge in [0.05, 0.1) is 6.42 Å². The number of piperidine rings is 1. The first-order valence-corrected chi connectivity index (χ1v) is 7.76. The molecule has 1 aliphatic heterocycles. The molecule has 1 aliphatic rings. The zero-order chi connectivity index (χ0) is 14.5. The van der Waals surface area contributed by atoms with Gasteiger partial charge in [0.25, 0.3) is 0 Å². The SMILES string of the molecule is Cl.O=C(Cc1ccc2ccccc2c1)NCC1CCCNC1. The number of nitrogens with one attached hydrogen (secondary N) is 2. The average molecular weight is 319 g/mol. The van der Waals surface area contributed by atoms with Crippen LogP contribution >= 0.6 is 12.4 Å². The summed E-state index contributed by atoms with van der Waals surface area (Å²) in [5.41, 5.74) is 1.08. The third kappa shape index (κ3) is 4.46. The van der Waals surface area contributed by atoms with Crippen LogP contribution in [-0.4, -0.2) is 25.5 Å². The van der Waals surface area contributed by atoms with Crippen LogP contribution in [0, 0.1) is 5.92 Å². The third-order valence-electron chi connectivity index (χ3n) is 4.17. The maximum atomic E-state index is 12.1. The number of benzene rings is 2. The summed E-state index contributed by atoms with van der Waals surface area (Å²) in [6, 6.07) is 14.5. The molecular weight excluding hydrogens is 296 g/mol. The molecule has 1 fully saturated rings. The van der Waals surface area contributed by atoms with Crippen LogP contribution in [0.4, 0.5) is 0 Å². The maximum absolute atomic E-state index is 12.1. The monoisotopic (exact) mass is 318 g/mol. The molecule has 1 atom stereocenters. The minimum atomic E-state index is 0. The van der Waals surface area contributed by atoms with E-state index in [1.54, 1.807) is 0 Å². The van der Waals surface area contributed by atoms with Gasteiger partial charge >= 0.3 is 0 Å². The van der Waals surface area contributed by atoms with Crippen molar-refractivity contribution in [3.8, 4) is 0 Å². The quantitative estimate of drug-likeness (QED) is 0.910. The molecule has 0 bridgehead atoms. The van der Waals surface area contributed by atoms with Gasteiger partial charge in [0.15, 0.2) is 0 Å². The lowest BCUT2D eigenvalue weighted by molar-refractivity contribution is -0.120. The minimum absolute atomic E-state index is 0. The molecular formula is C18H23ClN2O. The molecule has 2 aromatic rings. The van der Waals surface area contributed by atoms with Crippen molar-refractivity contribution in [1.82, 2.24) is 10.6 Å². The Morgan fingerprint density at radius 1 is 1.18 bits per heavy atom. The van der Waals surface area contributed by atoms with Crippen LogP contribution in [0.3, 0.4) is 0 Å². The van der Waals surface area contributed by atoms with Gasteiger partial charge in [0.1, 0.15) is 0 Å². The van der Waals surface area contributed by atoms with Gasteiger partial charge in [-0.2, -0.15) is 0 Å². The molecule has 0 aliphatic carbocycles. The van der Waals surface area contributed by atoms with Crippen LogP contribution in [-0.2, 0) is 11.2 Å². The standard InChI is InChI=1S/C18H22N2O.ClH/c21-18(20-13-15-4-3-9-19-12-15)11-14-7-8-16-5-1-2-6-17(16)10-14;/h1-2,5-8,10,15,19H,3-4,9,11-13H2,(H,20,21);1H. The van der Waals surface area contributed by atoms with E-state index in [1.807, 2.05) is 18.2 Å². The first-order chi connectivity index (χ1) is 10.3. The predicted octanol–water partition coefficient (Wildman–Crippen LogP) is 2.92. The fourth-order valence-corrected chi connectivity index (χ4v) is 2.95. The van der Waals surface area contributed by atoms with Crippen molar-refractivity contribution in [2.45, 2.75) is 19.3 Å². The van der Waals surface area contributed by atoms with E-state index in [1.165, 1.54) is 23.6 Å². The van der Waals surface area contributed by atoms with Crippen molar-refractivity contribution < 1.29 is 4.79 Å². The minimum Gasteiger partial charge on any atom is -0.355 e. The molecule has 1 heterocycles. The Balaban J connectivity index is 0.00000176. The van der Waals surface area contributed by atoms with Gasteiger partial charge in [-0.1, -0.05) is 42.5 Å². The molecule has 0 spiro atoms. The smallest absolute Gasteiger partial charge is 0.224 e. The van der Waals surface area contributed by atoms with Crippen LogP contribution in [0.5, 0.6) is 0 Å². The van der Waals surface area contributed by atoms with Crippen molar-refractivity contribution in [2.75, 3.05) is 19.6 Å². The number of carbonyl (C=O) groups excluding carboxylic acids is 1. The Morgan fingerprint density at radius 2 is 2.00 bits per heavy atom. The predicted molar refractivity (Wildman–Crippen MR) is 93.5 cm³/mol. The van der Waals surface area contributed by atoms with E-state index in [4.69, 9.17) is 0 Å². The lowest BCUT2D eigenvalue weighted by Crippen LogP contribution is -2.38. The average Bonchev–Trinajstić information content (AvgIpc) is 2.54. The van der Waals surface area contributed by atoms with Crippen LogP contribution < -0.4 is 10.6 Å². The van der Waals surface area contributed by atoms with Crippen molar-refractivity contribution >= 4 is 29.1 Å². The Bertz CT molecular complexity index is 623. The lowest BCUT2D eigenvalue weighted by atomic mass is 9.99. The van der Waals surface area contributed by atoms with Crippen LogP contribution in [0.15, 0.2) is 42.5 Å². The van der Waals surface area contributed by atoms with Crippen LogP contribution in [0.25, 0.3) is 10.8 Å². The molecule has 4 heteroatoms. The summed E-state index contributed by atoms with van der Waals surface area (Å²) in [6.07, 6.45) is 2.89. The summed E-state index contributed by atoms with van der Waals surface area (Å²) in [4.78, 5) is 12.1. The second kappa shape index (κ2) is 8.16.